The second-order valence-corrected chi connectivity index (χ2v) is 8.84. The summed E-state index contributed by atoms with van der Waals surface area (Å²) in [4.78, 5) is 44.8. The largest absolute Gasteiger partial charge is 0.330 e. The molecule has 2 aromatic heterocycles. The molecule has 9 heteroatoms. The van der Waals surface area contributed by atoms with Crippen molar-refractivity contribution in [2.24, 2.45) is 5.92 Å². The van der Waals surface area contributed by atoms with Gasteiger partial charge in [-0.05, 0) is 37.0 Å². The number of benzene rings is 1. The molecule has 0 atom stereocenters. The first-order valence-electron chi connectivity index (χ1n) is 11.0. The molecule has 32 heavy (non-hydrogen) atoms. The van der Waals surface area contributed by atoms with Crippen molar-refractivity contribution in [1.29, 1.82) is 0 Å². The molecule has 0 aliphatic heterocycles. The third-order valence-corrected chi connectivity index (χ3v) is 5.77. The number of H-pyrrole nitrogens is 1. The van der Waals surface area contributed by atoms with Gasteiger partial charge in [0.05, 0.1) is 0 Å². The number of aromatic amines is 1. The van der Waals surface area contributed by atoms with Gasteiger partial charge in [-0.3, -0.25) is 19.1 Å². The van der Waals surface area contributed by atoms with E-state index in [-0.39, 0.29) is 18.2 Å². The lowest BCUT2D eigenvalue weighted by Gasteiger charge is -2.12. The van der Waals surface area contributed by atoms with E-state index in [0.29, 0.717) is 47.2 Å². The zero-order valence-corrected chi connectivity index (χ0v) is 19.8. The Bertz CT molecular complexity index is 1240. The number of amides is 1. The molecule has 0 spiro atoms. The fourth-order valence-electron chi connectivity index (χ4n) is 3.67. The SMILES string of the molecule is CCCCn1c(=O)[nH]c(=O)c2c1nc(CCC(=O)Nc1cccc(Cl)c1C)n2CC(C)C. The molecule has 0 radical (unpaired) electrons. The zero-order valence-electron chi connectivity index (χ0n) is 19.0. The minimum absolute atomic E-state index is 0.171. The van der Waals surface area contributed by atoms with Crippen molar-refractivity contribution in [3.05, 3.63) is 55.4 Å². The Kier molecular flexibility index (Phi) is 7.56. The van der Waals surface area contributed by atoms with Gasteiger partial charge in [0.1, 0.15) is 5.82 Å². The molecule has 0 fully saturated rings. The highest BCUT2D eigenvalue weighted by Gasteiger charge is 2.20. The summed E-state index contributed by atoms with van der Waals surface area (Å²) in [5.74, 6) is 0.702. The number of carbonyl (C=O) groups excluding carboxylic acids is 1. The predicted octanol–water partition coefficient (Wildman–Crippen LogP) is 3.88. The van der Waals surface area contributed by atoms with Crippen LogP contribution in [0.15, 0.2) is 27.8 Å². The summed E-state index contributed by atoms with van der Waals surface area (Å²) in [5.41, 5.74) is 1.34. The van der Waals surface area contributed by atoms with Crippen LogP contribution < -0.4 is 16.6 Å². The van der Waals surface area contributed by atoms with Gasteiger partial charge in [-0.25, -0.2) is 9.78 Å². The van der Waals surface area contributed by atoms with Crippen LogP contribution in [0.1, 0.15) is 51.4 Å². The van der Waals surface area contributed by atoms with Crippen LogP contribution in [0.4, 0.5) is 5.69 Å². The quantitative estimate of drug-likeness (QED) is 0.507. The van der Waals surface area contributed by atoms with E-state index in [1.807, 2.05) is 32.3 Å². The van der Waals surface area contributed by atoms with Gasteiger partial charge in [0.2, 0.25) is 5.91 Å². The standard InChI is InChI=1S/C23H30ClN5O3/c1-5-6-12-28-21-20(22(31)27-23(28)32)29(13-14(2)3)18(26-21)10-11-19(30)25-17-9-7-8-16(24)15(17)4/h7-9,14H,5-6,10-13H2,1-4H3,(H,25,30)(H,27,31,32). The third kappa shape index (κ3) is 5.12. The molecule has 1 aromatic carbocycles. The van der Waals surface area contributed by atoms with Crippen LogP contribution in [-0.4, -0.2) is 25.0 Å². The molecule has 0 bridgehead atoms. The highest BCUT2D eigenvalue weighted by molar-refractivity contribution is 6.31. The van der Waals surface area contributed by atoms with Crippen LogP contribution in [0.5, 0.6) is 0 Å². The molecule has 0 unspecified atom stereocenters. The van der Waals surface area contributed by atoms with Crippen LogP contribution >= 0.6 is 11.6 Å². The Morgan fingerprint density at radius 1 is 1.25 bits per heavy atom. The lowest BCUT2D eigenvalue weighted by molar-refractivity contribution is -0.116. The lowest BCUT2D eigenvalue weighted by Crippen LogP contribution is -2.31. The summed E-state index contributed by atoms with van der Waals surface area (Å²) >= 11 is 6.14. The predicted molar refractivity (Wildman–Crippen MR) is 127 cm³/mol. The molecular weight excluding hydrogens is 430 g/mol. The maximum absolute atomic E-state index is 12.7. The number of nitrogens with one attached hydrogen (secondary N) is 2. The molecule has 2 heterocycles. The van der Waals surface area contributed by atoms with Crippen LogP contribution in [0.25, 0.3) is 11.2 Å². The van der Waals surface area contributed by atoms with Gasteiger partial charge in [0, 0.05) is 36.6 Å². The van der Waals surface area contributed by atoms with E-state index in [9.17, 15) is 14.4 Å². The summed E-state index contributed by atoms with van der Waals surface area (Å²) in [7, 11) is 0. The number of unbranched alkanes of at least 4 members (excludes halogenated alkanes) is 1. The number of imidazole rings is 1. The van der Waals surface area contributed by atoms with E-state index in [0.717, 1.165) is 18.4 Å². The van der Waals surface area contributed by atoms with Crippen molar-refractivity contribution < 1.29 is 4.79 Å². The maximum atomic E-state index is 12.7. The fraction of sp³-hybridized carbons (Fsp3) is 0.478. The van der Waals surface area contributed by atoms with Crippen molar-refractivity contribution >= 4 is 34.4 Å². The number of carbonyl (C=O) groups is 1. The third-order valence-electron chi connectivity index (χ3n) is 5.37. The van der Waals surface area contributed by atoms with Gasteiger partial charge in [0.25, 0.3) is 5.56 Å². The number of aryl methyl sites for hydroxylation is 2. The summed E-state index contributed by atoms with van der Waals surface area (Å²) in [6.07, 6.45) is 2.24. The van der Waals surface area contributed by atoms with Gasteiger partial charge in [-0.2, -0.15) is 0 Å². The smallest absolute Gasteiger partial charge is 0.326 e. The van der Waals surface area contributed by atoms with E-state index < -0.39 is 11.2 Å². The lowest BCUT2D eigenvalue weighted by atomic mass is 10.2. The maximum Gasteiger partial charge on any atom is 0.330 e. The molecule has 2 N–H and O–H groups in total. The van der Waals surface area contributed by atoms with Crippen LogP contribution in [0, 0.1) is 12.8 Å². The second kappa shape index (κ2) is 10.2. The van der Waals surface area contributed by atoms with E-state index in [1.54, 1.807) is 18.2 Å². The Hall–Kier alpha value is -2.87. The van der Waals surface area contributed by atoms with Crippen LogP contribution in [-0.2, 0) is 24.3 Å². The van der Waals surface area contributed by atoms with Crippen LogP contribution in [0.3, 0.4) is 0 Å². The molecule has 1 amide bonds. The molecular formula is C23H30ClN5O3. The Morgan fingerprint density at radius 3 is 2.69 bits per heavy atom. The van der Waals surface area contributed by atoms with Crippen LogP contribution in [0.2, 0.25) is 5.02 Å². The number of nitrogens with zero attached hydrogens (tertiary/aromatic N) is 3. The Balaban J connectivity index is 1.93. The van der Waals surface area contributed by atoms with E-state index in [1.165, 1.54) is 4.57 Å². The number of fused-ring (bicyclic) bond motifs is 1. The number of hydrogen-bond donors (Lipinski definition) is 2. The zero-order chi connectivity index (χ0) is 23.4. The highest BCUT2D eigenvalue weighted by atomic mass is 35.5. The first-order chi connectivity index (χ1) is 15.2. The van der Waals surface area contributed by atoms with Crippen molar-refractivity contribution in [1.82, 2.24) is 19.1 Å². The molecule has 0 saturated heterocycles. The van der Waals surface area contributed by atoms with E-state index >= 15 is 0 Å². The van der Waals surface area contributed by atoms with Crippen molar-refractivity contribution in [2.75, 3.05) is 5.32 Å². The Labute approximate surface area is 191 Å². The molecule has 3 aromatic rings. The Morgan fingerprint density at radius 2 is 2.00 bits per heavy atom. The van der Waals surface area contributed by atoms with Gasteiger partial charge in [0.15, 0.2) is 11.2 Å². The summed E-state index contributed by atoms with van der Waals surface area (Å²) < 4.78 is 3.37. The summed E-state index contributed by atoms with van der Waals surface area (Å²) in [5, 5.41) is 3.48. The molecule has 0 saturated carbocycles. The molecule has 0 aliphatic carbocycles. The number of hydrogen-bond acceptors (Lipinski definition) is 4. The van der Waals surface area contributed by atoms with Gasteiger partial charge in [-0.1, -0.05) is 44.9 Å². The molecule has 0 aliphatic rings. The minimum atomic E-state index is -0.453. The average Bonchev–Trinajstić information content (AvgIpc) is 3.07. The van der Waals surface area contributed by atoms with E-state index in [2.05, 4.69) is 15.3 Å². The van der Waals surface area contributed by atoms with Gasteiger partial charge < -0.3 is 9.88 Å². The summed E-state index contributed by atoms with van der Waals surface area (Å²) in [6.45, 7) is 9.03. The van der Waals surface area contributed by atoms with E-state index in [4.69, 9.17) is 11.6 Å². The molecule has 3 rings (SSSR count). The number of rotatable bonds is 9. The second-order valence-electron chi connectivity index (χ2n) is 8.43. The minimum Gasteiger partial charge on any atom is -0.326 e. The average molecular weight is 460 g/mol. The number of anilines is 1. The number of halogens is 1. The molecule has 8 nitrogen and oxygen atoms in total. The van der Waals surface area contributed by atoms with Gasteiger partial charge in [-0.15, -0.1) is 0 Å². The topological polar surface area (TPSA) is 102 Å². The van der Waals surface area contributed by atoms with Crippen molar-refractivity contribution in [3.63, 3.8) is 0 Å². The van der Waals surface area contributed by atoms with Crippen molar-refractivity contribution in [2.45, 2.75) is 66.5 Å². The normalized spacial score (nSPS) is 11.4. The summed E-state index contributed by atoms with van der Waals surface area (Å²) in [6, 6.07) is 5.37. The first kappa shape index (κ1) is 23.8. The number of aromatic nitrogens is 4. The monoisotopic (exact) mass is 459 g/mol. The first-order valence-corrected chi connectivity index (χ1v) is 11.4. The van der Waals surface area contributed by atoms with Gasteiger partial charge >= 0.3 is 5.69 Å². The fourth-order valence-corrected chi connectivity index (χ4v) is 3.85. The molecule has 172 valence electrons. The highest BCUT2D eigenvalue weighted by Crippen LogP contribution is 2.23. The van der Waals surface area contributed by atoms with Crippen molar-refractivity contribution in [3.8, 4) is 0 Å².